The maximum Gasteiger partial charge on any atom is 0.338 e. The second-order valence-corrected chi connectivity index (χ2v) is 12.9. The van der Waals surface area contributed by atoms with Gasteiger partial charge in [-0.1, -0.05) is 31.5 Å². The molecular weight excluding hydrogens is 532 g/mol. The Morgan fingerprint density at radius 1 is 1.10 bits per heavy atom. The first-order chi connectivity index (χ1) is 19.0. The molecule has 9 atom stereocenters. The quantitative estimate of drug-likeness (QED) is 0.362. The number of hydrogen-bond acceptors (Lipinski definition) is 10. The normalized spacial score (nSPS) is 41.3. The molecule has 1 aliphatic heterocycles. The van der Waals surface area contributed by atoms with E-state index in [-0.39, 0.29) is 30.6 Å². The Kier molecular flexibility index (Phi) is 7.07. The molecule has 1 heterocycles. The molecule has 0 amide bonds. The Hall–Kier alpha value is -2.63. The van der Waals surface area contributed by atoms with Crippen LogP contribution in [-0.4, -0.2) is 88.5 Å². The van der Waals surface area contributed by atoms with Gasteiger partial charge in [0.1, 0.15) is 17.3 Å². The minimum Gasteiger partial charge on any atom is -0.455 e. The number of methoxy groups -OCH3 is 1. The summed E-state index contributed by atoms with van der Waals surface area (Å²) in [7, 11) is 1.43. The number of carbonyl (C=O) groups is 3. The molecule has 2 saturated carbocycles. The number of rotatable bonds is 4. The number of aliphatic hydroxyl groups is 3. The standard InChI is InChI=1S/C31H40O10/c1-15-9-8-10-18(11-15)27(35)41-26-24-29(6,20(38-7)12-21-30(24,36)14-39-21)25(34)23(40-17(3)32)22-16(2)19(33)13-31(26,37)28(22,4)5/h8-11,19-21,23-24,26,33,36-37H,12-14H2,1-7H3/t19?,20?,21?,23?,24?,26?,29-,30?,31?/m1/s1. The largest absolute Gasteiger partial charge is 0.455 e. The lowest BCUT2D eigenvalue weighted by molar-refractivity contribution is -0.345. The SMILES string of the molecule is COC1CC2OCC2(O)C2C(OC(=O)c3cccc(C)c3)C3(O)CC(O)C(C)=C(C(OC(C)=O)C(=O)[C@]12C)C3(C)C. The molecule has 3 N–H and O–H groups in total. The van der Waals surface area contributed by atoms with Gasteiger partial charge in [-0.25, -0.2) is 4.79 Å². The van der Waals surface area contributed by atoms with Crippen LogP contribution in [-0.2, 0) is 28.5 Å². The molecule has 0 radical (unpaired) electrons. The number of ketones is 1. The lowest BCUT2D eigenvalue weighted by Crippen LogP contribution is -2.81. The summed E-state index contributed by atoms with van der Waals surface area (Å²) >= 11 is 0. The van der Waals surface area contributed by atoms with E-state index in [1.807, 2.05) is 13.0 Å². The summed E-state index contributed by atoms with van der Waals surface area (Å²) in [5.41, 5.74) is -5.00. The van der Waals surface area contributed by atoms with Crippen molar-refractivity contribution in [1.82, 2.24) is 0 Å². The summed E-state index contributed by atoms with van der Waals surface area (Å²) in [5, 5.41) is 36.3. The highest BCUT2D eigenvalue weighted by Gasteiger charge is 2.76. The Balaban J connectivity index is 1.81. The zero-order valence-electron chi connectivity index (χ0n) is 24.6. The highest BCUT2D eigenvalue weighted by atomic mass is 16.6. The summed E-state index contributed by atoms with van der Waals surface area (Å²) in [4.78, 5) is 41.0. The van der Waals surface area contributed by atoms with Crippen LogP contribution in [0.1, 0.15) is 63.4 Å². The molecule has 10 heteroatoms. The van der Waals surface area contributed by atoms with E-state index >= 15 is 0 Å². The number of hydrogen-bond donors (Lipinski definition) is 3. The van der Waals surface area contributed by atoms with Gasteiger partial charge in [-0.3, -0.25) is 9.59 Å². The van der Waals surface area contributed by atoms with E-state index < -0.39 is 76.2 Å². The lowest BCUT2D eigenvalue weighted by atomic mass is 9.44. The van der Waals surface area contributed by atoms with Crippen molar-refractivity contribution in [3.63, 3.8) is 0 Å². The van der Waals surface area contributed by atoms with E-state index in [0.717, 1.165) is 5.56 Å². The Morgan fingerprint density at radius 2 is 1.78 bits per heavy atom. The van der Waals surface area contributed by atoms with Crippen LogP contribution in [0.4, 0.5) is 0 Å². The highest BCUT2D eigenvalue weighted by molar-refractivity contribution is 5.95. The molecule has 3 aliphatic carbocycles. The molecule has 3 fully saturated rings. The van der Waals surface area contributed by atoms with Gasteiger partial charge in [-0.2, -0.15) is 0 Å². The van der Waals surface area contributed by atoms with E-state index in [2.05, 4.69) is 0 Å². The Bertz CT molecular complexity index is 1320. The van der Waals surface area contributed by atoms with Crippen molar-refractivity contribution in [3.05, 3.63) is 46.5 Å². The van der Waals surface area contributed by atoms with Crippen LogP contribution in [0.15, 0.2) is 35.4 Å². The van der Waals surface area contributed by atoms with E-state index in [1.165, 1.54) is 14.0 Å². The second-order valence-electron chi connectivity index (χ2n) is 12.9. The third-order valence-electron chi connectivity index (χ3n) is 10.4. The van der Waals surface area contributed by atoms with E-state index in [4.69, 9.17) is 18.9 Å². The maximum atomic E-state index is 14.8. The van der Waals surface area contributed by atoms with Gasteiger partial charge < -0.3 is 34.3 Å². The molecular formula is C31H40O10. The van der Waals surface area contributed by atoms with Crippen LogP contribution in [0.2, 0.25) is 0 Å². The van der Waals surface area contributed by atoms with Gasteiger partial charge in [-0.15, -0.1) is 0 Å². The number of carbonyl (C=O) groups excluding carboxylic acids is 3. The van der Waals surface area contributed by atoms with Crippen molar-refractivity contribution in [2.24, 2.45) is 16.7 Å². The van der Waals surface area contributed by atoms with Gasteiger partial charge in [-0.05, 0) is 44.1 Å². The van der Waals surface area contributed by atoms with Gasteiger partial charge >= 0.3 is 11.9 Å². The first-order valence-corrected chi connectivity index (χ1v) is 14.0. The van der Waals surface area contributed by atoms with Gasteiger partial charge in [0.15, 0.2) is 11.9 Å². The molecule has 10 nitrogen and oxygen atoms in total. The monoisotopic (exact) mass is 572 g/mol. The average Bonchev–Trinajstić information content (AvgIpc) is 2.88. The van der Waals surface area contributed by atoms with Crippen LogP contribution < -0.4 is 0 Å². The molecule has 2 bridgehead atoms. The number of ether oxygens (including phenoxy) is 4. The van der Waals surface area contributed by atoms with Gasteiger partial charge in [0, 0.05) is 38.2 Å². The van der Waals surface area contributed by atoms with Crippen molar-refractivity contribution >= 4 is 17.7 Å². The molecule has 224 valence electrons. The van der Waals surface area contributed by atoms with Crippen LogP contribution in [0.25, 0.3) is 0 Å². The fourth-order valence-electron chi connectivity index (χ4n) is 8.03. The molecule has 8 unspecified atom stereocenters. The minimum atomic E-state index is -2.02. The highest BCUT2D eigenvalue weighted by Crippen LogP contribution is 2.63. The fraction of sp³-hybridized carbons (Fsp3) is 0.645. The molecule has 1 aromatic rings. The number of esters is 2. The molecule has 1 saturated heterocycles. The predicted molar refractivity (Wildman–Crippen MR) is 145 cm³/mol. The number of fused-ring (bicyclic) bond motifs is 5. The molecule has 0 spiro atoms. The molecule has 1 aromatic carbocycles. The number of benzene rings is 1. The maximum absolute atomic E-state index is 14.8. The first kappa shape index (κ1) is 29.8. The van der Waals surface area contributed by atoms with E-state index in [0.29, 0.717) is 5.57 Å². The molecule has 0 aromatic heterocycles. The van der Waals surface area contributed by atoms with Gasteiger partial charge in [0.25, 0.3) is 0 Å². The summed E-state index contributed by atoms with van der Waals surface area (Å²) in [6.45, 7) is 9.44. The summed E-state index contributed by atoms with van der Waals surface area (Å²) < 4.78 is 23.5. The predicted octanol–water partition coefficient (Wildman–Crippen LogP) is 2.04. The average molecular weight is 573 g/mol. The van der Waals surface area contributed by atoms with Crippen LogP contribution in [0, 0.1) is 23.7 Å². The zero-order chi connectivity index (χ0) is 30.3. The minimum absolute atomic E-state index is 0.152. The Morgan fingerprint density at radius 3 is 2.34 bits per heavy atom. The number of Topliss-reactive ketones (excluding diaryl/α,β-unsaturated/α-hetero) is 1. The smallest absolute Gasteiger partial charge is 0.338 e. The van der Waals surface area contributed by atoms with Crippen LogP contribution >= 0.6 is 0 Å². The number of aliphatic hydroxyl groups excluding tert-OH is 1. The van der Waals surface area contributed by atoms with Gasteiger partial charge in [0.05, 0.1) is 35.9 Å². The zero-order valence-corrected chi connectivity index (χ0v) is 24.6. The van der Waals surface area contributed by atoms with Crippen molar-refractivity contribution < 1.29 is 48.7 Å². The molecule has 5 rings (SSSR count). The molecule has 41 heavy (non-hydrogen) atoms. The van der Waals surface area contributed by atoms with Crippen molar-refractivity contribution in [3.8, 4) is 0 Å². The van der Waals surface area contributed by atoms with Crippen LogP contribution in [0.3, 0.4) is 0 Å². The van der Waals surface area contributed by atoms with Crippen molar-refractivity contribution in [1.29, 1.82) is 0 Å². The summed E-state index contributed by atoms with van der Waals surface area (Å²) in [6.07, 6.45) is -5.94. The Labute approximate surface area is 239 Å². The second kappa shape index (κ2) is 9.70. The summed E-state index contributed by atoms with van der Waals surface area (Å²) in [5.74, 6) is -3.29. The molecule has 4 aliphatic rings. The van der Waals surface area contributed by atoms with Crippen LogP contribution in [0.5, 0.6) is 0 Å². The van der Waals surface area contributed by atoms with E-state index in [1.54, 1.807) is 45.9 Å². The van der Waals surface area contributed by atoms with E-state index in [9.17, 15) is 29.7 Å². The van der Waals surface area contributed by atoms with Gasteiger partial charge in [0.2, 0.25) is 0 Å². The topological polar surface area (TPSA) is 149 Å². The van der Waals surface area contributed by atoms with Crippen molar-refractivity contribution in [2.45, 2.75) is 96.1 Å². The van der Waals surface area contributed by atoms with Crippen molar-refractivity contribution in [2.75, 3.05) is 13.7 Å². The summed E-state index contributed by atoms with van der Waals surface area (Å²) in [6, 6.07) is 6.77. The lowest BCUT2D eigenvalue weighted by Gasteiger charge is -2.67. The fourth-order valence-corrected chi connectivity index (χ4v) is 8.03. The third-order valence-corrected chi connectivity index (χ3v) is 10.4. The first-order valence-electron chi connectivity index (χ1n) is 14.0. The number of aryl methyl sites for hydroxylation is 1. The third kappa shape index (κ3) is 4.06.